The molecule has 142 valence electrons. The van der Waals surface area contributed by atoms with E-state index in [4.69, 9.17) is 9.47 Å². The standard InChI is InChI=1S/C19H17F3N2O3/c1-26-17-10-3-2-9-16(17)24-18(25)23-11-4-5-12-27-15-8-6-7-14(13-15)19(20,21)22/h2-3,6-10,13H,11-12H2,1H3,(H2,23,24,25). The van der Waals surface area contributed by atoms with Crippen LogP contribution in [0.15, 0.2) is 48.5 Å². The SMILES string of the molecule is COc1ccccc1NC(=O)NCC#CCOc1cccc(C(F)(F)F)c1. The molecule has 2 amide bonds. The van der Waals surface area contributed by atoms with Gasteiger partial charge in [-0.25, -0.2) is 4.79 Å². The summed E-state index contributed by atoms with van der Waals surface area (Å²) in [6.07, 6.45) is -4.43. The van der Waals surface area contributed by atoms with Crippen molar-refractivity contribution in [1.29, 1.82) is 0 Å². The minimum absolute atomic E-state index is 0.0485. The highest BCUT2D eigenvalue weighted by Crippen LogP contribution is 2.31. The molecule has 0 aromatic heterocycles. The first-order valence-corrected chi connectivity index (χ1v) is 7.84. The van der Waals surface area contributed by atoms with Crippen LogP contribution in [0.4, 0.5) is 23.7 Å². The van der Waals surface area contributed by atoms with Crippen LogP contribution in [-0.4, -0.2) is 26.3 Å². The summed E-state index contributed by atoms with van der Waals surface area (Å²) >= 11 is 0. The van der Waals surface area contributed by atoms with Crippen molar-refractivity contribution in [3.8, 4) is 23.3 Å². The number of hydrogen-bond donors (Lipinski definition) is 2. The molecule has 0 aliphatic carbocycles. The smallest absolute Gasteiger partial charge is 0.416 e. The van der Waals surface area contributed by atoms with E-state index >= 15 is 0 Å². The first-order chi connectivity index (χ1) is 12.9. The zero-order valence-electron chi connectivity index (χ0n) is 14.4. The molecule has 0 atom stereocenters. The summed E-state index contributed by atoms with van der Waals surface area (Å²) in [5, 5.41) is 5.14. The summed E-state index contributed by atoms with van der Waals surface area (Å²) in [4.78, 5) is 11.8. The van der Waals surface area contributed by atoms with E-state index in [-0.39, 0.29) is 18.9 Å². The van der Waals surface area contributed by atoms with Crippen molar-refractivity contribution >= 4 is 11.7 Å². The van der Waals surface area contributed by atoms with Crippen molar-refractivity contribution < 1.29 is 27.4 Å². The molecule has 0 bridgehead atoms. The Morgan fingerprint density at radius 1 is 1.11 bits per heavy atom. The molecule has 2 rings (SSSR count). The third-order valence-electron chi connectivity index (χ3n) is 3.29. The molecule has 2 N–H and O–H groups in total. The Balaban J connectivity index is 1.76. The number of amides is 2. The summed E-state index contributed by atoms with van der Waals surface area (Å²) in [6.45, 7) is -0.0515. The number of urea groups is 1. The molecule has 0 saturated carbocycles. The lowest BCUT2D eigenvalue weighted by atomic mass is 10.2. The minimum atomic E-state index is -4.43. The van der Waals surface area contributed by atoms with Gasteiger partial charge in [-0.2, -0.15) is 13.2 Å². The zero-order valence-corrected chi connectivity index (χ0v) is 14.4. The van der Waals surface area contributed by atoms with Crippen LogP contribution >= 0.6 is 0 Å². The van der Waals surface area contributed by atoms with E-state index < -0.39 is 17.8 Å². The Morgan fingerprint density at radius 3 is 2.63 bits per heavy atom. The van der Waals surface area contributed by atoms with Crippen LogP contribution in [0.25, 0.3) is 0 Å². The van der Waals surface area contributed by atoms with Crippen molar-refractivity contribution in [2.75, 3.05) is 25.6 Å². The normalized spacial score (nSPS) is 10.4. The Kier molecular flexibility index (Phi) is 6.94. The molecule has 27 heavy (non-hydrogen) atoms. The predicted molar refractivity (Wildman–Crippen MR) is 94.7 cm³/mol. The van der Waals surface area contributed by atoms with Crippen molar-refractivity contribution in [2.24, 2.45) is 0 Å². The lowest BCUT2D eigenvalue weighted by Crippen LogP contribution is -2.29. The Hall–Kier alpha value is -3.34. The van der Waals surface area contributed by atoms with Gasteiger partial charge in [-0.1, -0.05) is 30.0 Å². The maximum absolute atomic E-state index is 12.6. The monoisotopic (exact) mass is 378 g/mol. The molecule has 0 heterocycles. The van der Waals surface area contributed by atoms with E-state index in [0.29, 0.717) is 11.4 Å². The number of nitrogens with one attached hydrogen (secondary N) is 2. The number of ether oxygens (including phenoxy) is 2. The molecule has 2 aromatic carbocycles. The van der Waals surface area contributed by atoms with E-state index in [1.807, 2.05) is 0 Å². The molecule has 0 radical (unpaired) electrons. The molecule has 0 aliphatic rings. The molecule has 0 aliphatic heterocycles. The van der Waals surface area contributed by atoms with Crippen molar-refractivity contribution in [3.05, 3.63) is 54.1 Å². The number of hydrogen-bond acceptors (Lipinski definition) is 3. The van der Waals surface area contributed by atoms with Gasteiger partial charge in [0.15, 0.2) is 0 Å². The molecular weight excluding hydrogens is 361 g/mol. The lowest BCUT2D eigenvalue weighted by Gasteiger charge is -2.09. The van der Waals surface area contributed by atoms with Gasteiger partial charge in [-0.05, 0) is 30.3 Å². The Bertz CT molecular complexity index is 842. The average molecular weight is 378 g/mol. The zero-order chi connectivity index (χ0) is 19.7. The Morgan fingerprint density at radius 2 is 1.89 bits per heavy atom. The molecule has 5 nitrogen and oxygen atoms in total. The number of anilines is 1. The van der Waals surface area contributed by atoms with Gasteiger partial charge in [0.25, 0.3) is 0 Å². The number of carbonyl (C=O) groups is 1. The number of rotatable bonds is 5. The Labute approximate surface area is 154 Å². The maximum Gasteiger partial charge on any atom is 0.416 e. The second kappa shape index (κ2) is 9.38. The van der Waals surface area contributed by atoms with Crippen LogP contribution in [0.5, 0.6) is 11.5 Å². The molecule has 0 unspecified atom stereocenters. The third kappa shape index (κ3) is 6.47. The number of alkyl halides is 3. The summed E-state index contributed by atoms with van der Waals surface area (Å²) in [6, 6.07) is 11.0. The first kappa shape index (κ1) is 20.0. The fraction of sp³-hybridized carbons (Fsp3) is 0.211. The minimum Gasteiger partial charge on any atom is -0.495 e. The second-order valence-corrected chi connectivity index (χ2v) is 5.18. The van der Waals surface area contributed by atoms with Crippen molar-refractivity contribution in [3.63, 3.8) is 0 Å². The van der Waals surface area contributed by atoms with Gasteiger partial charge < -0.3 is 20.1 Å². The van der Waals surface area contributed by atoms with Crippen LogP contribution in [0.3, 0.4) is 0 Å². The fourth-order valence-corrected chi connectivity index (χ4v) is 2.03. The fourth-order valence-electron chi connectivity index (χ4n) is 2.03. The molecular formula is C19H17F3N2O3. The van der Waals surface area contributed by atoms with Crippen molar-refractivity contribution in [2.45, 2.75) is 6.18 Å². The van der Waals surface area contributed by atoms with Gasteiger partial charge in [0.2, 0.25) is 0 Å². The van der Waals surface area contributed by atoms with Gasteiger partial charge in [-0.3, -0.25) is 0 Å². The number of para-hydroxylation sites is 2. The summed E-state index contributed by atoms with van der Waals surface area (Å²) in [5.41, 5.74) is -0.277. The van der Waals surface area contributed by atoms with Crippen LogP contribution in [0.1, 0.15) is 5.56 Å². The van der Waals surface area contributed by atoms with E-state index in [0.717, 1.165) is 12.1 Å². The van der Waals surface area contributed by atoms with Crippen molar-refractivity contribution in [1.82, 2.24) is 5.32 Å². The first-order valence-electron chi connectivity index (χ1n) is 7.84. The van der Waals surface area contributed by atoms with E-state index in [2.05, 4.69) is 22.5 Å². The number of benzene rings is 2. The van der Waals surface area contributed by atoms with Gasteiger partial charge >= 0.3 is 12.2 Å². The van der Waals surface area contributed by atoms with E-state index in [1.54, 1.807) is 24.3 Å². The van der Waals surface area contributed by atoms with Crippen LogP contribution in [0, 0.1) is 11.8 Å². The predicted octanol–water partition coefficient (Wildman–Crippen LogP) is 3.92. The van der Waals surface area contributed by atoms with Gasteiger partial charge in [0.1, 0.15) is 18.1 Å². The topological polar surface area (TPSA) is 59.6 Å². The molecule has 0 saturated heterocycles. The van der Waals surface area contributed by atoms with E-state index in [9.17, 15) is 18.0 Å². The maximum atomic E-state index is 12.6. The average Bonchev–Trinajstić information content (AvgIpc) is 2.64. The highest BCUT2D eigenvalue weighted by atomic mass is 19.4. The van der Waals surface area contributed by atoms with E-state index in [1.165, 1.54) is 19.2 Å². The second-order valence-electron chi connectivity index (χ2n) is 5.18. The highest BCUT2D eigenvalue weighted by molar-refractivity contribution is 5.91. The summed E-state index contributed by atoms with van der Waals surface area (Å²) in [5.74, 6) is 5.85. The molecule has 0 fully saturated rings. The van der Waals surface area contributed by atoms with Gasteiger partial charge in [-0.15, -0.1) is 0 Å². The van der Waals surface area contributed by atoms with Gasteiger partial charge in [0.05, 0.1) is 24.9 Å². The molecule has 2 aromatic rings. The van der Waals surface area contributed by atoms with Gasteiger partial charge in [0, 0.05) is 0 Å². The quantitative estimate of drug-likeness (QED) is 0.776. The number of carbonyl (C=O) groups excluding carboxylic acids is 1. The molecule has 8 heteroatoms. The highest BCUT2D eigenvalue weighted by Gasteiger charge is 2.30. The summed E-state index contributed by atoms with van der Waals surface area (Å²) in [7, 11) is 1.49. The summed E-state index contributed by atoms with van der Waals surface area (Å²) < 4.78 is 48.1. The van der Waals surface area contributed by atoms with Crippen LogP contribution in [0.2, 0.25) is 0 Å². The van der Waals surface area contributed by atoms with Crippen LogP contribution < -0.4 is 20.1 Å². The molecule has 0 spiro atoms. The largest absolute Gasteiger partial charge is 0.495 e. The third-order valence-corrected chi connectivity index (χ3v) is 3.29. The van der Waals surface area contributed by atoms with Crippen LogP contribution in [-0.2, 0) is 6.18 Å². The lowest BCUT2D eigenvalue weighted by molar-refractivity contribution is -0.137. The number of methoxy groups -OCH3 is 1. The number of halogens is 3.